The van der Waals surface area contributed by atoms with Gasteiger partial charge >= 0.3 is 5.97 Å². The summed E-state index contributed by atoms with van der Waals surface area (Å²) in [5.74, 6) is -0.114. The van der Waals surface area contributed by atoms with E-state index < -0.39 is 11.4 Å². The molecule has 132 valence electrons. The average Bonchev–Trinajstić information content (AvgIpc) is 3.21. The highest BCUT2D eigenvalue weighted by Crippen LogP contribution is 2.41. The number of rotatable bonds is 4. The predicted octanol–water partition coefficient (Wildman–Crippen LogP) is 2.32. The molecule has 2 fully saturated rings. The molecule has 25 heavy (non-hydrogen) atoms. The Hall–Kier alpha value is -2.34. The van der Waals surface area contributed by atoms with Gasteiger partial charge < -0.3 is 19.2 Å². The van der Waals surface area contributed by atoms with Crippen LogP contribution in [0.4, 0.5) is 0 Å². The second-order valence-corrected chi connectivity index (χ2v) is 7.02. The monoisotopic (exact) mass is 343 g/mol. The quantitative estimate of drug-likeness (QED) is 0.921. The lowest BCUT2D eigenvalue weighted by molar-refractivity contribution is -0.159. The smallest absolute Gasteiger partial charge is 0.314 e. The zero-order valence-corrected chi connectivity index (χ0v) is 13.9. The molecule has 3 heterocycles. The van der Waals surface area contributed by atoms with E-state index in [1.54, 1.807) is 4.90 Å². The molecule has 2 atom stereocenters. The van der Waals surface area contributed by atoms with Crippen LogP contribution in [0, 0.1) is 11.3 Å². The Labute approximate surface area is 145 Å². The summed E-state index contributed by atoms with van der Waals surface area (Å²) in [4.78, 5) is 26.1. The van der Waals surface area contributed by atoms with Gasteiger partial charge in [-0.1, -0.05) is 18.2 Å². The van der Waals surface area contributed by atoms with E-state index in [9.17, 15) is 14.7 Å². The molecule has 1 aromatic carbocycles. The molecule has 2 aliphatic rings. The molecule has 1 N–H and O–H groups in total. The number of likely N-dealkylation sites (tertiary alicyclic amines) is 1. The number of carbonyl (C=O) groups excluding carboxylic acids is 1. The molecule has 1 aromatic heterocycles. The number of carboxylic acids is 1. The maximum atomic E-state index is 12.6. The van der Waals surface area contributed by atoms with Crippen LogP contribution in [-0.4, -0.2) is 48.2 Å². The van der Waals surface area contributed by atoms with E-state index in [-0.39, 0.29) is 25.0 Å². The molecule has 4 rings (SSSR count). The summed E-state index contributed by atoms with van der Waals surface area (Å²) in [6, 6.07) is 9.71. The Balaban J connectivity index is 1.42. The number of carbonyl (C=O) groups is 2. The van der Waals surface area contributed by atoms with E-state index in [1.807, 2.05) is 30.3 Å². The standard InChI is InChI=1S/C19H21NO5/c21-17(6-5-15-9-13-3-1-2-4-16(13)25-15)20-10-14-7-8-24-12-19(14,11-20)18(22)23/h1-4,9,14H,5-8,10-12H2,(H,22,23)/t14-,19+/m1/s1. The maximum Gasteiger partial charge on any atom is 0.314 e. The van der Waals surface area contributed by atoms with Crippen molar-refractivity contribution in [2.24, 2.45) is 11.3 Å². The number of nitrogens with zero attached hydrogens (tertiary/aromatic N) is 1. The van der Waals surface area contributed by atoms with Gasteiger partial charge in [0, 0.05) is 37.9 Å². The van der Waals surface area contributed by atoms with Crippen molar-refractivity contribution in [3.05, 3.63) is 36.1 Å². The SMILES string of the molecule is O=C(CCc1cc2ccccc2o1)N1C[C@H]2CCOC[C@@]2(C(=O)O)C1. The van der Waals surface area contributed by atoms with Gasteiger partial charge in [-0.2, -0.15) is 0 Å². The number of aliphatic carboxylic acids is 1. The van der Waals surface area contributed by atoms with Gasteiger partial charge in [0.25, 0.3) is 0 Å². The van der Waals surface area contributed by atoms with Crippen molar-refractivity contribution in [3.8, 4) is 0 Å². The summed E-state index contributed by atoms with van der Waals surface area (Å²) in [6.45, 7) is 1.52. The molecular weight excluding hydrogens is 322 g/mol. The third-order valence-corrected chi connectivity index (χ3v) is 5.51. The molecule has 0 bridgehead atoms. The molecule has 6 nitrogen and oxygen atoms in total. The van der Waals surface area contributed by atoms with E-state index in [0.29, 0.717) is 32.4 Å². The number of para-hydroxylation sites is 1. The second-order valence-electron chi connectivity index (χ2n) is 7.02. The maximum absolute atomic E-state index is 12.6. The first kappa shape index (κ1) is 16.1. The van der Waals surface area contributed by atoms with E-state index >= 15 is 0 Å². The van der Waals surface area contributed by atoms with Crippen molar-refractivity contribution >= 4 is 22.8 Å². The van der Waals surface area contributed by atoms with Crippen molar-refractivity contribution in [1.29, 1.82) is 0 Å². The summed E-state index contributed by atoms with van der Waals surface area (Å²) in [7, 11) is 0. The molecule has 2 aromatic rings. The van der Waals surface area contributed by atoms with Gasteiger partial charge in [-0.05, 0) is 24.5 Å². The van der Waals surface area contributed by atoms with Crippen molar-refractivity contribution in [1.82, 2.24) is 4.90 Å². The topological polar surface area (TPSA) is 80.0 Å². The second kappa shape index (κ2) is 6.19. The van der Waals surface area contributed by atoms with Crippen molar-refractivity contribution in [3.63, 3.8) is 0 Å². The van der Waals surface area contributed by atoms with Crippen LogP contribution in [0.25, 0.3) is 11.0 Å². The molecule has 0 aliphatic carbocycles. The number of furan rings is 1. The first-order valence-electron chi connectivity index (χ1n) is 8.65. The predicted molar refractivity (Wildman–Crippen MR) is 90.1 cm³/mol. The molecule has 6 heteroatoms. The van der Waals surface area contributed by atoms with Crippen LogP contribution in [0.3, 0.4) is 0 Å². The molecule has 0 saturated carbocycles. The van der Waals surface area contributed by atoms with Gasteiger partial charge in [-0.25, -0.2) is 0 Å². The number of fused-ring (bicyclic) bond motifs is 2. The minimum Gasteiger partial charge on any atom is -0.481 e. The lowest BCUT2D eigenvalue weighted by atomic mass is 9.76. The number of hydrogen-bond acceptors (Lipinski definition) is 4. The average molecular weight is 343 g/mol. The van der Waals surface area contributed by atoms with Crippen LogP contribution in [0.2, 0.25) is 0 Å². The Morgan fingerprint density at radius 3 is 2.92 bits per heavy atom. The highest BCUT2D eigenvalue weighted by atomic mass is 16.5. The number of ether oxygens (including phenoxy) is 1. The fourth-order valence-electron chi connectivity index (χ4n) is 4.03. The van der Waals surface area contributed by atoms with E-state index in [4.69, 9.17) is 9.15 Å². The summed E-state index contributed by atoms with van der Waals surface area (Å²) < 4.78 is 11.2. The normalized spacial score (nSPS) is 25.9. The summed E-state index contributed by atoms with van der Waals surface area (Å²) in [5.41, 5.74) is -0.119. The Morgan fingerprint density at radius 2 is 2.16 bits per heavy atom. The van der Waals surface area contributed by atoms with Gasteiger partial charge in [0.05, 0.1) is 6.61 Å². The van der Waals surface area contributed by atoms with Crippen molar-refractivity contribution in [2.45, 2.75) is 19.3 Å². The zero-order valence-electron chi connectivity index (χ0n) is 13.9. The van der Waals surface area contributed by atoms with Crippen molar-refractivity contribution in [2.75, 3.05) is 26.3 Å². The number of aryl methyl sites for hydroxylation is 1. The largest absolute Gasteiger partial charge is 0.481 e. The third-order valence-electron chi connectivity index (χ3n) is 5.51. The lowest BCUT2D eigenvalue weighted by Gasteiger charge is -2.33. The molecule has 0 spiro atoms. The van der Waals surface area contributed by atoms with Gasteiger partial charge in [0.2, 0.25) is 5.91 Å². The van der Waals surface area contributed by atoms with E-state index in [1.165, 1.54) is 0 Å². The number of carboxylic acid groups (broad SMARTS) is 1. The van der Waals surface area contributed by atoms with Crippen LogP contribution >= 0.6 is 0 Å². The highest BCUT2D eigenvalue weighted by Gasteiger charge is 2.55. The Bertz CT molecular complexity index is 780. The molecular formula is C19H21NO5. The minimum absolute atomic E-state index is 0.0181. The molecule has 0 radical (unpaired) electrons. The Morgan fingerprint density at radius 1 is 1.32 bits per heavy atom. The number of hydrogen-bond donors (Lipinski definition) is 1. The highest BCUT2D eigenvalue weighted by molar-refractivity contribution is 5.82. The summed E-state index contributed by atoms with van der Waals surface area (Å²) >= 11 is 0. The zero-order chi connectivity index (χ0) is 17.4. The van der Waals surface area contributed by atoms with Gasteiger partial charge in [-0.3, -0.25) is 9.59 Å². The molecule has 1 amide bonds. The molecule has 2 aliphatic heterocycles. The summed E-state index contributed by atoms with van der Waals surface area (Å²) in [5, 5.41) is 10.7. The van der Waals surface area contributed by atoms with Crippen LogP contribution in [0.5, 0.6) is 0 Å². The van der Waals surface area contributed by atoms with E-state index in [0.717, 1.165) is 16.7 Å². The van der Waals surface area contributed by atoms with Crippen molar-refractivity contribution < 1.29 is 23.8 Å². The van der Waals surface area contributed by atoms with Gasteiger partial charge in [-0.15, -0.1) is 0 Å². The fraction of sp³-hybridized carbons (Fsp3) is 0.474. The van der Waals surface area contributed by atoms with Gasteiger partial charge in [0.1, 0.15) is 16.8 Å². The molecule has 0 unspecified atom stereocenters. The molecule has 2 saturated heterocycles. The minimum atomic E-state index is -0.937. The van der Waals surface area contributed by atoms with Crippen LogP contribution in [-0.2, 0) is 20.7 Å². The number of benzene rings is 1. The van der Waals surface area contributed by atoms with E-state index in [2.05, 4.69) is 0 Å². The third kappa shape index (κ3) is 2.80. The Kier molecular flexibility index (Phi) is 4.00. The van der Waals surface area contributed by atoms with Gasteiger partial charge in [0.15, 0.2) is 0 Å². The first-order chi connectivity index (χ1) is 12.1. The summed E-state index contributed by atoms with van der Waals surface area (Å²) in [6.07, 6.45) is 1.54. The lowest BCUT2D eigenvalue weighted by Crippen LogP contribution is -2.46. The number of amides is 1. The van der Waals surface area contributed by atoms with Crippen LogP contribution in [0.15, 0.2) is 34.7 Å². The first-order valence-corrected chi connectivity index (χ1v) is 8.65. The fourth-order valence-corrected chi connectivity index (χ4v) is 4.03. The van der Waals surface area contributed by atoms with Crippen LogP contribution < -0.4 is 0 Å². The van der Waals surface area contributed by atoms with Crippen LogP contribution in [0.1, 0.15) is 18.6 Å².